The third kappa shape index (κ3) is 1.13. The summed E-state index contributed by atoms with van der Waals surface area (Å²) in [4.78, 5) is 15.6. The average molecular weight is 193 g/mol. The van der Waals surface area contributed by atoms with Crippen molar-refractivity contribution in [1.29, 1.82) is 0 Å². The van der Waals surface area contributed by atoms with Gasteiger partial charge in [0.25, 0.3) is 0 Å². The molecule has 5 heteroatoms. The van der Waals surface area contributed by atoms with Gasteiger partial charge in [-0.25, -0.2) is 4.79 Å². The van der Waals surface area contributed by atoms with Gasteiger partial charge < -0.3 is 5.11 Å². The van der Waals surface area contributed by atoms with Crippen molar-refractivity contribution < 1.29 is 5.11 Å². The number of rotatable bonds is 2. The number of nitrogens with zero attached hydrogens (tertiary/aromatic N) is 3. The fourth-order valence-corrected chi connectivity index (χ4v) is 1.57. The first-order chi connectivity index (χ1) is 6.75. The smallest absolute Gasteiger partial charge is 0.328 e. The van der Waals surface area contributed by atoms with Crippen molar-refractivity contribution in [3.05, 3.63) is 28.9 Å². The van der Waals surface area contributed by atoms with Crippen LogP contribution in [-0.4, -0.2) is 25.8 Å². The molecule has 2 aromatic rings. The van der Waals surface area contributed by atoms with Crippen LogP contribution >= 0.6 is 0 Å². The summed E-state index contributed by atoms with van der Waals surface area (Å²) in [6.45, 7) is 0.279. The predicted molar refractivity (Wildman–Crippen MR) is 52.1 cm³/mol. The topological polar surface area (TPSA) is 60.0 Å². The predicted octanol–water partition coefficient (Wildman–Crippen LogP) is -0.273. The van der Waals surface area contributed by atoms with E-state index < -0.39 is 0 Å². The van der Waals surface area contributed by atoms with Gasteiger partial charge >= 0.3 is 5.69 Å². The summed E-state index contributed by atoms with van der Waals surface area (Å²) in [6, 6.07) is 1.77. The summed E-state index contributed by atoms with van der Waals surface area (Å²) in [5, 5.41) is 8.83. The second-order valence-electron chi connectivity index (χ2n) is 3.08. The lowest BCUT2D eigenvalue weighted by Crippen LogP contribution is -2.23. The first-order valence-corrected chi connectivity index (χ1v) is 4.36. The van der Waals surface area contributed by atoms with E-state index >= 15 is 0 Å². The number of aliphatic hydroxyl groups excluding tert-OH is 1. The summed E-state index contributed by atoms with van der Waals surface area (Å²) in [5.41, 5.74) is 1.47. The highest BCUT2D eigenvalue weighted by Crippen LogP contribution is 2.08. The molecule has 2 heterocycles. The van der Waals surface area contributed by atoms with E-state index in [9.17, 15) is 4.79 Å². The van der Waals surface area contributed by atoms with Crippen LogP contribution in [0, 0.1) is 0 Å². The number of fused-ring (bicyclic) bond motifs is 1. The Kier molecular flexibility index (Phi) is 2.09. The Balaban J connectivity index is 2.81. The highest BCUT2D eigenvalue weighted by atomic mass is 16.3. The third-order valence-corrected chi connectivity index (χ3v) is 2.27. The standard InChI is InChI=1S/C9H11N3O2/c1-11-8-6-10-3-2-7(8)12(4-5-13)9(11)14/h2-3,6,13H,4-5H2,1H3. The van der Waals surface area contributed by atoms with Gasteiger partial charge in [-0.3, -0.25) is 14.1 Å². The molecule has 0 saturated carbocycles. The Labute approximate surface area is 80.2 Å². The maximum Gasteiger partial charge on any atom is 0.328 e. The van der Waals surface area contributed by atoms with E-state index in [4.69, 9.17) is 5.11 Å². The molecular formula is C9H11N3O2. The molecule has 5 nitrogen and oxygen atoms in total. The minimum absolute atomic E-state index is 0.0403. The molecule has 2 aromatic heterocycles. The molecule has 74 valence electrons. The highest BCUT2D eigenvalue weighted by molar-refractivity contribution is 5.74. The molecule has 0 aliphatic rings. The van der Waals surface area contributed by atoms with Crippen molar-refractivity contribution in [2.45, 2.75) is 6.54 Å². The van der Waals surface area contributed by atoms with E-state index in [0.29, 0.717) is 6.54 Å². The lowest BCUT2D eigenvalue weighted by Gasteiger charge is -1.97. The molecule has 1 N–H and O–H groups in total. The van der Waals surface area contributed by atoms with Crippen LogP contribution in [0.3, 0.4) is 0 Å². The summed E-state index contributed by atoms with van der Waals surface area (Å²) in [5.74, 6) is 0. The molecule has 2 rings (SSSR count). The maximum absolute atomic E-state index is 11.7. The van der Waals surface area contributed by atoms with Crippen LogP contribution in [0.5, 0.6) is 0 Å². The lowest BCUT2D eigenvalue weighted by molar-refractivity contribution is 0.275. The fourth-order valence-electron chi connectivity index (χ4n) is 1.57. The zero-order valence-corrected chi connectivity index (χ0v) is 7.84. The molecule has 0 atom stereocenters. The Morgan fingerprint density at radius 1 is 1.50 bits per heavy atom. The number of hydrogen-bond acceptors (Lipinski definition) is 3. The van der Waals surface area contributed by atoms with Crippen molar-refractivity contribution in [3.63, 3.8) is 0 Å². The number of hydrogen-bond donors (Lipinski definition) is 1. The van der Waals surface area contributed by atoms with Crippen molar-refractivity contribution >= 4 is 11.0 Å². The SMILES string of the molecule is Cn1c(=O)n(CCO)c2ccncc21. The molecule has 0 aromatic carbocycles. The van der Waals surface area contributed by atoms with E-state index in [-0.39, 0.29) is 12.3 Å². The van der Waals surface area contributed by atoms with Gasteiger partial charge in [0, 0.05) is 13.2 Å². The third-order valence-electron chi connectivity index (χ3n) is 2.27. The van der Waals surface area contributed by atoms with Gasteiger partial charge in [-0.15, -0.1) is 0 Å². The molecule has 0 spiro atoms. The van der Waals surface area contributed by atoms with E-state index in [1.165, 1.54) is 9.13 Å². The summed E-state index contributed by atoms with van der Waals surface area (Å²) < 4.78 is 3.06. The molecule has 0 fully saturated rings. The van der Waals surface area contributed by atoms with Crippen molar-refractivity contribution in [3.8, 4) is 0 Å². The van der Waals surface area contributed by atoms with Gasteiger partial charge in [0.15, 0.2) is 0 Å². The summed E-state index contributed by atoms with van der Waals surface area (Å²) in [6.07, 6.45) is 3.28. The van der Waals surface area contributed by atoms with Crippen LogP contribution < -0.4 is 5.69 Å². The second-order valence-corrected chi connectivity index (χ2v) is 3.08. The number of aromatic nitrogens is 3. The van der Waals surface area contributed by atoms with Gasteiger partial charge in [0.1, 0.15) is 0 Å². The normalized spacial score (nSPS) is 11.0. The molecule has 0 aliphatic heterocycles. The Morgan fingerprint density at radius 2 is 2.29 bits per heavy atom. The highest BCUT2D eigenvalue weighted by Gasteiger charge is 2.08. The van der Waals surface area contributed by atoms with Gasteiger partial charge in [-0.1, -0.05) is 0 Å². The average Bonchev–Trinajstić information content (AvgIpc) is 2.45. The second kappa shape index (κ2) is 3.26. The van der Waals surface area contributed by atoms with E-state index in [0.717, 1.165) is 11.0 Å². The first kappa shape index (κ1) is 8.96. The number of pyridine rings is 1. The largest absolute Gasteiger partial charge is 0.395 e. The number of aryl methyl sites for hydroxylation is 1. The molecule has 0 saturated heterocycles. The van der Waals surface area contributed by atoms with Crippen LogP contribution in [0.4, 0.5) is 0 Å². The van der Waals surface area contributed by atoms with Crippen molar-refractivity contribution in [2.24, 2.45) is 7.05 Å². The van der Waals surface area contributed by atoms with Crippen LogP contribution in [0.15, 0.2) is 23.3 Å². The Morgan fingerprint density at radius 3 is 3.00 bits per heavy atom. The quantitative estimate of drug-likeness (QED) is 0.714. The van der Waals surface area contributed by atoms with Crippen molar-refractivity contribution in [1.82, 2.24) is 14.1 Å². The van der Waals surface area contributed by atoms with Gasteiger partial charge in [0.2, 0.25) is 0 Å². The molecule has 14 heavy (non-hydrogen) atoms. The van der Waals surface area contributed by atoms with Gasteiger partial charge in [-0.2, -0.15) is 0 Å². The Hall–Kier alpha value is -1.62. The molecule has 0 aliphatic carbocycles. The summed E-state index contributed by atoms with van der Waals surface area (Å²) in [7, 11) is 1.69. The minimum Gasteiger partial charge on any atom is -0.395 e. The molecular weight excluding hydrogens is 182 g/mol. The van der Waals surface area contributed by atoms with Crippen LogP contribution in [0.25, 0.3) is 11.0 Å². The van der Waals surface area contributed by atoms with Gasteiger partial charge in [0.05, 0.1) is 30.4 Å². The zero-order chi connectivity index (χ0) is 10.1. The maximum atomic E-state index is 11.7. The fraction of sp³-hybridized carbons (Fsp3) is 0.333. The molecule has 0 amide bonds. The van der Waals surface area contributed by atoms with Crippen LogP contribution in [-0.2, 0) is 13.6 Å². The van der Waals surface area contributed by atoms with Crippen molar-refractivity contribution in [2.75, 3.05) is 6.61 Å². The molecule has 0 unspecified atom stereocenters. The van der Waals surface area contributed by atoms with Crippen LogP contribution in [0.2, 0.25) is 0 Å². The van der Waals surface area contributed by atoms with Gasteiger partial charge in [-0.05, 0) is 6.07 Å². The lowest BCUT2D eigenvalue weighted by atomic mass is 10.4. The number of imidazole rings is 1. The molecule has 0 bridgehead atoms. The van der Waals surface area contributed by atoms with E-state index in [1.54, 1.807) is 25.5 Å². The first-order valence-electron chi connectivity index (χ1n) is 4.36. The summed E-state index contributed by atoms with van der Waals surface area (Å²) >= 11 is 0. The van der Waals surface area contributed by atoms with Crippen LogP contribution in [0.1, 0.15) is 0 Å². The monoisotopic (exact) mass is 193 g/mol. The minimum atomic E-state index is -0.123. The Bertz CT molecular complexity index is 512. The van der Waals surface area contributed by atoms with E-state index in [2.05, 4.69) is 4.98 Å². The number of aliphatic hydroxyl groups is 1. The van der Waals surface area contributed by atoms with E-state index in [1.807, 2.05) is 0 Å². The molecule has 0 radical (unpaired) electrons. The zero-order valence-electron chi connectivity index (χ0n) is 7.84.